The monoisotopic (exact) mass is 340 g/mol. The van der Waals surface area contributed by atoms with Crippen LogP contribution in [0, 0.1) is 13.8 Å². The smallest absolute Gasteiger partial charge is 0.206 e. The molecule has 0 saturated heterocycles. The van der Waals surface area contributed by atoms with Crippen molar-refractivity contribution in [2.75, 3.05) is 24.7 Å². The molecular formula is C19H24N4S. The van der Waals surface area contributed by atoms with Crippen LogP contribution in [0.5, 0.6) is 0 Å². The van der Waals surface area contributed by atoms with E-state index < -0.39 is 0 Å². The van der Waals surface area contributed by atoms with Gasteiger partial charge in [0, 0.05) is 25.7 Å². The van der Waals surface area contributed by atoms with Gasteiger partial charge in [0.2, 0.25) is 5.96 Å². The van der Waals surface area contributed by atoms with Crippen molar-refractivity contribution in [2.45, 2.75) is 31.6 Å². The number of guanidine groups is 1. The summed E-state index contributed by atoms with van der Waals surface area (Å²) in [6.07, 6.45) is 0. The van der Waals surface area contributed by atoms with Gasteiger partial charge in [0.1, 0.15) is 0 Å². The molecule has 0 spiro atoms. The summed E-state index contributed by atoms with van der Waals surface area (Å²) < 4.78 is 3.22. The lowest BCUT2D eigenvalue weighted by Gasteiger charge is -2.27. The van der Waals surface area contributed by atoms with Crippen LogP contribution >= 0.6 is 11.9 Å². The third-order valence-corrected chi connectivity index (χ3v) is 5.47. The summed E-state index contributed by atoms with van der Waals surface area (Å²) in [6.45, 7) is 6.57. The summed E-state index contributed by atoms with van der Waals surface area (Å²) in [5, 5.41) is 6.74. The highest BCUT2D eigenvalue weighted by Gasteiger charge is 2.23. The molecule has 0 fully saturated rings. The second-order valence-electron chi connectivity index (χ2n) is 6.12. The van der Waals surface area contributed by atoms with Gasteiger partial charge in [-0.25, -0.2) is 0 Å². The van der Waals surface area contributed by atoms with E-state index in [2.05, 4.69) is 71.5 Å². The molecule has 0 amide bonds. The summed E-state index contributed by atoms with van der Waals surface area (Å²) in [4.78, 5) is 5.46. The van der Waals surface area contributed by atoms with Crippen LogP contribution in [-0.2, 0) is 0 Å². The Morgan fingerprint density at radius 1 is 1.12 bits per heavy atom. The van der Waals surface area contributed by atoms with E-state index in [1.165, 1.54) is 38.5 Å². The highest BCUT2D eigenvalue weighted by molar-refractivity contribution is 7.98. The molecule has 126 valence electrons. The number of fused-ring (bicyclic) bond motifs is 1. The molecule has 0 aliphatic carbocycles. The minimum absolute atomic E-state index is 0.289. The lowest BCUT2D eigenvalue weighted by atomic mass is 9.88. The zero-order chi connectivity index (χ0) is 17.3. The molecule has 3 N–H and O–H groups in total. The Kier molecular flexibility index (Phi) is 4.71. The van der Waals surface area contributed by atoms with Gasteiger partial charge in [0.05, 0.1) is 10.6 Å². The van der Waals surface area contributed by atoms with Gasteiger partial charge in [-0.2, -0.15) is 0 Å². The molecule has 1 atom stereocenters. The number of anilines is 2. The second-order valence-corrected chi connectivity index (χ2v) is 6.96. The van der Waals surface area contributed by atoms with E-state index in [9.17, 15) is 0 Å². The third kappa shape index (κ3) is 2.96. The standard InChI is InChI=1S/C19H24N4S/c1-11-6-8-14(10-15(11)20-4)13(3)17-12(2)7-9-16-18(17)22-19(21-5)23-24-16/h6-10,13,20H,1-5H3,(H2,21,22,23)/t13-/m0/s1. The first kappa shape index (κ1) is 16.7. The normalized spacial score (nSPS) is 16.1. The summed E-state index contributed by atoms with van der Waals surface area (Å²) in [6, 6.07) is 11.0. The average molecular weight is 340 g/mol. The number of benzene rings is 2. The van der Waals surface area contributed by atoms with Gasteiger partial charge in [-0.15, -0.1) is 0 Å². The topological polar surface area (TPSA) is 48.5 Å². The van der Waals surface area contributed by atoms with Crippen molar-refractivity contribution in [2.24, 2.45) is 4.99 Å². The summed E-state index contributed by atoms with van der Waals surface area (Å²) >= 11 is 1.61. The van der Waals surface area contributed by atoms with Crippen LogP contribution in [0.1, 0.15) is 35.1 Å². The summed E-state index contributed by atoms with van der Waals surface area (Å²) in [7, 11) is 3.76. The maximum Gasteiger partial charge on any atom is 0.206 e. The van der Waals surface area contributed by atoms with Crippen LogP contribution in [0.4, 0.5) is 11.4 Å². The van der Waals surface area contributed by atoms with Gasteiger partial charge in [-0.3, -0.25) is 9.71 Å². The van der Waals surface area contributed by atoms with Crippen molar-refractivity contribution in [1.29, 1.82) is 0 Å². The van der Waals surface area contributed by atoms with E-state index in [0.29, 0.717) is 0 Å². The van der Waals surface area contributed by atoms with Crippen molar-refractivity contribution >= 4 is 29.3 Å². The Morgan fingerprint density at radius 2 is 1.88 bits per heavy atom. The molecular weight excluding hydrogens is 316 g/mol. The minimum atomic E-state index is 0.289. The fourth-order valence-electron chi connectivity index (χ4n) is 3.17. The Balaban J connectivity index is 2.09. The molecule has 0 radical (unpaired) electrons. The number of nitrogens with one attached hydrogen (secondary N) is 3. The molecule has 4 nitrogen and oxygen atoms in total. The van der Waals surface area contributed by atoms with Crippen molar-refractivity contribution in [1.82, 2.24) is 4.72 Å². The Hall–Kier alpha value is -2.14. The van der Waals surface area contributed by atoms with Crippen molar-refractivity contribution in [3.05, 3.63) is 52.6 Å². The van der Waals surface area contributed by atoms with Gasteiger partial charge in [0.25, 0.3) is 0 Å². The zero-order valence-electron chi connectivity index (χ0n) is 14.8. The quantitative estimate of drug-likeness (QED) is 0.720. The molecule has 5 heteroatoms. The van der Waals surface area contributed by atoms with Crippen LogP contribution in [0.25, 0.3) is 0 Å². The Labute approximate surface area is 148 Å². The fourth-order valence-corrected chi connectivity index (χ4v) is 3.92. The molecule has 1 aliphatic heterocycles. The van der Waals surface area contributed by atoms with E-state index in [0.717, 1.165) is 5.96 Å². The van der Waals surface area contributed by atoms with E-state index >= 15 is 0 Å². The van der Waals surface area contributed by atoms with E-state index in [1.807, 2.05) is 7.05 Å². The number of rotatable bonds is 3. The maximum atomic E-state index is 4.25. The molecule has 1 heterocycles. The summed E-state index contributed by atoms with van der Waals surface area (Å²) in [5.41, 5.74) is 7.53. The molecule has 3 rings (SSSR count). The minimum Gasteiger partial charge on any atom is -0.388 e. The molecule has 0 bridgehead atoms. The van der Waals surface area contributed by atoms with Crippen LogP contribution in [0.3, 0.4) is 0 Å². The highest BCUT2D eigenvalue weighted by atomic mass is 32.2. The van der Waals surface area contributed by atoms with E-state index in [4.69, 9.17) is 0 Å². The van der Waals surface area contributed by atoms with Crippen molar-refractivity contribution in [3.63, 3.8) is 0 Å². The van der Waals surface area contributed by atoms with Gasteiger partial charge >= 0.3 is 0 Å². The molecule has 0 saturated carbocycles. The van der Waals surface area contributed by atoms with Crippen molar-refractivity contribution in [3.8, 4) is 0 Å². The number of hydrogen-bond acceptors (Lipinski definition) is 3. The van der Waals surface area contributed by atoms with Crippen molar-refractivity contribution < 1.29 is 0 Å². The van der Waals surface area contributed by atoms with Crippen LogP contribution < -0.4 is 15.4 Å². The first-order valence-electron chi connectivity index (χ1n) is 8.13. The fraction of sp³-hybridized carbons (Fsp3) is 0.316. The molecule has 0 unspecified atom stereocenters. The lowest BCUT2D eigenvalue weighted by molar-refractivity contribution is 0.906. The largest absolute Gasteiger partial charge is 0.388 e. The third-order valence-electron chi connectivity index (χ3n) is 4.61. The number of aryl methyl sites for hydroxylation is 2. The Morgan fingerprint density at radius 3 is 2.58 bits per heavy atom. The maximum absolute atomic E-state index is 4.25. The number of nitrogens with zero attached hydrogens (tertiary/aromatic N) is 1. The second kappa shape index (κ2) is 6.77. The molecule has 2 aromatic rings. The lowest BCUT2D eigenvalue weighted by Crippen LogP contribution is -2.30. The van der Waals surface area contributed by atoms with Gasteiger partial charge in [-0.1, -0.05) is 25.1 Å². The zero-order valence-corrected chi connectivity index (χ0v) is 15.6. The molecule has 0 aromatic heterocycles. The predicted molar refractivity (Wildman–Crippen MR) is 105 cm³/mol. The Bertz CT molecular complexity index is 798. The SMILES string of the molecule is CN=C1NSc2ccc(C)c([C@@H](C)c3ccc(C)c(NC)c3)c2N1. The number of hydrogen-bond donors (Lipinski definition) is 3. The average Bonchev–Trinajstić information content (AvgIpc) is 2.61. The first-order chi connectivity index (χ1) is 11.5. The van der Waals surface area contributed by atoms with Gasteiger partial charge < -0.3 is 10.6 Å². The summed E-state index contributed by atoms with van der Waals surface area (Å²) in [5.74, 6) is 1.09. The van der Waals surface area contributed by atoms with Crippen LogP contribution in [0.15, 0.2) is 40.2 Å². The van der Waals surface area contributed by atoms with E-state index in [-0.39, 0.29) is 5.92 Å². The predicted octanol–water partition coefficient (Wildman–Crippen LogP) is 4.50. The highest BCUT2D eigenvalue weighted by Crippen LogP contribution is 2.40. The molecule has 2 aromatic carbocycles. The van der Waals surface area contributed by atoms with E-state index in [1.54, 1.807) is 19.0 Å². The first-order valence-corrected chi connectivity index (χ1v) is 8.95. The van der Waals surface area contributed by atoms with Gasteiger partial charge in [-0.05, 0) is 60.2 Å². The van der Waals surface area contributed by atoms with Crippen LogP contribution in [-0.4, -0.2) is 20.1 Å². The molecule has 1 aliphatic rings. The van der Waals surface area contributed by atoms with Crippen LogP contribution in [0.2, 0.25) is 0 Å². The molecule has 24 heavy (non-hydrogen) atoms. The van der Waals surface area contributed by atoms with Gasteiger partial charge in [0.15, 0.2) is 0 Å². The number of aliphatic imine (C=N–C) groups is 1.